The smallest absolute Gasteiger partial charge is 0.217 e. The minimum atomic E-state index is 0.409. The maximum absolute atomic E-state index is 5.69. The lowest BCUT2D eigenvalue weighted by molar-refractivity contribution is 0.199. The predicted molar refractivity (Wildman–Crippen MR) is 75.6 cm³/mol. The van der Waals surface area contributed by atoms with Gasteiger partial charge in [0.1, 0.15) is 0 Å². The van der Waals surface area contributed by atoms with Crippen LogP contribution in [-0.2, 0) is 6.54 Å². The SMILES string of the molecule is COc1ncccc1CN1CCC(C(N)=S)CC1. The van der Waals surface area contributed by atoms with Gasteiger partial charge in [0.2, 0.25) is 5.88 Å². The number of piperidine rings is 1. The largest absolute Gasteiger partial charge is 0.481 e. The Morgan fingerprint density at radius 3 is 2.89 bits per heavy atom. The van der Waals surface area contributed by atoms with E-state index in [1.165, 1.54) is 0 Å². The van der Waals surface area contributed by atoms with Crippen molar-refractivity contribution in [1.82, 2.24) is 9.88 Å². The van der Waals surface area contributed by atoms with Gasteiger partial charge in [0.15, 0.2) is 0 Å². The van der Waals surface area contributed by atoms with Gasteiger partial charge in [-0.25, -0.2) is 4.98 Å². The molecule has 0 spiro atoms. The van der Waals surface area contributed by atoms with Crippen molar-refractivity contribution in [3.8, 4) is 5.88 Å². The third-order valence-electron chi connectivity index (χ3n) is 3.43. The number of nitrogens with two attached hydrogens (primary N) is 1. The lowest BCUT2D eigenvalue weighted by Gasteiger charge is -2.31. The topological polar surface area (TPSA) is 51.4 Å². The zero-order chi connectivity index (χ0) is 13.0. The van der Waals surface area contributed by atoms with Crippen molar-refractivity contribution < 1.29 is 4.74 Å². The van der Waals surface area contributed by atoms with Crippen LogP contribution >= 0.6 is 12.2 Å². The minimum Gasteiger partial charge on any atom is -0.481 e. The van der Waals surface area contributed by atoms with Gasteiger partial charge in [0.25, 0.3) is 0 Å². The number of likely N-dealkylation sites (tertiary alicyclic amines) is 1. The molecular weight excluding hydrogens is 246 g/mol. The Balaban J connectivity index is 1.93. The number of ether oxygens (including phenoxy) is 1. The first-order valence-corrected chi connectivity index (χ1v) is 6.61. The van der Waals surface area contributed by atoms with E-state index in [1.54, 1.807) is 13.3 Å². The average molecular weight is 265 g/mol. The summed E-state index contributed by atoms with van der Waals surface area (Å²) in [7, 11) is 1.66. The second-order valence-corrected chi connectivity index (χ2v) is 5.10. The van der Waals surface area contributed by atoms with E-state index in [1.807, 2.05) is 6.07 Å². The summed E-state index contributed by atoms with van der Waals surface area (Å²) < 4.78 is 5.27. The van der Waals surface area contributed by atoms with Gasteiger partial charge in [-0.3, -0.25) is 4.90 Å². The van der Waals surface area contributed by atoms with Crippen LogP contribution in [0.2, 0.25) is 0 Å². The van der Waals surface area contributed by atoms with Gasteiger partial charge in [0, 0.05) is 24.2 Å². The summed E-state index contributed by atoms with van der Waals surface area (Å²) in [5.74, 6) is 1.13. The maximum Gasteiger partial charge on any atom is 0.217 e. The Morgan fingerprint density at radius 2 is 2.28 bits per heavy atom. The van der Waals surface area contributed by atoms with E-state index in [-0.39, 0.29) is 0 Å². The van der Waals surface area contributed by atoms with Crippen molar-refractivity contribution in [2.24, 2.45) is 11.7 Å². The van der Waals surface area contributed by atoms with Crippen LogP contribution in [0.15, 0.2) is 18.3 Å². The molecule has 0 radical (unpaired) electrons. The highest BCUT2D eigenvalue weighted by Gasteiger charge is 2.21. The van der Waals surface area contributed by atoms with E-state index in [0.717, 1.165) is 38.0 Å². The molecule has 1 aromatic heterocycles. The normalized spacial score (nSPS) is 17.6. The third kappa shape index (κ3) is 3.17. The summed E-state index contributed by atoms with van der Waals surface area (Å²) in [5, 5.41) is 0. The number of nitrogens with zero attached hydrogens (tertiary/aromatic N) is 2. The highest BCUT2D eigenvalue weighted by atomic mass is 32.1. The summed E-state index contributed by atoms with van der Waals surface area (Å²) in [6.45, 7) is 2.93. The van der Waals surface area contributed by atoms with Gasteiger partial charge in [-0.05, 0) is 32.0 Å². The number of hydrogen-bond donors (Lipinski definition) is 1. The van der Waals surface area contributed by atoms with Gasteiger partial charge in [-0.1, -0.05) is 18.3 Å². The molecule has 1 aliphatic rings. The monoisotopic (exact) mass is 265 g/mol. The van der Waals surface area contributed by atoms with Crippen molar-refractivity contribution >= 4 is 17.2 Å². The molecule has 0 aromatic carbocycles. The molecule has 18 heavy (non-hydrogen) atoms. The van der Waals surface area contributed by atoms with Gasteiger partial charge < -0.3 is 10.5 Å². The molecule has 0 atom stereocenters. The van der Waals surface area contributed by atoms with E-state index in [2.05, 4.69) is 16.0 Å². The molecule has 5 heteroatoms. The van der Waals surface area contributed by atoms with Gasteiger partial charge in [0.05, 0.1) is 12.1 Å². The van der Waals surface area contributed by atoms with E-state index in [0.29, 0.717) is 16.8 Å². The van der Waals surface area contributed by atoms with Crippen LogP contribution in [-0.4, -0.2) is 35.1 Å². The van der Waals surface area contributed by atoms with Crippen molar-refractivity contribution in [2.45, 2.75) is 19.4 Å². The zero-order valence-corrected chi connectivity index (χ0v) is 11.4. The van der Waals surface area contributed by atoms with Gasteiger partial charge in [-0.2, -0.15) is 0 Å². The number of hydrogen-bond acceptors (Lipinski definition) is 4. The van der Waals surface area contributed by atoms with Crippen molar-refractivity contribution in [3.63, 3.8) is 0 Å². The fourth-order valence-electron chi connectivity index (χ4n) is 2.34. The molecule has 98 valence electrons. The number of rotatable bonds is 4. The van der Waals surface area contributed by atoms with E-state index in [9.17, 15) is 0 Å². The Morgan fingerprint density at radius 1 is 1.56 bits per heavy atom. The van der Waals surface area contributed by atoms with Crippen LogP contribution < -0.4 is 10.5 Å². The summed E-state index contributed by atoms with van der Waals surface area (Å²) in [4.78, 5) is 7.27. The summed E-state index contributed by atoms with van der Waals surface area (Å²) >= 11 is 5.05. The van der Waals surface area contributed by atoms with Crippen LogP contribution in [0.25, 0.3) is 0 Å². The number of pyridine rings is 1. The molecule has 1 saturated heterocycles. The van der Waals surface area contributed by atoms with Crippen LogP contribution in [0.4, 0.5) is 0 Å². The van der Waals surface area contributed by atoms with E-state index < -0.39 is 0 Å². The molecule has 2 heterocycles. The molecule has 0 bridgehead atoms. The van der Waals surface area contributed by atoms with Crippen LogP contribution in [0.1, 0.15) is 18.4 Å². The minimum absolute atomic E-state index is 0.409. The maximum atomic E-state index is 5.69. The van der Waals surface area contributed by atoms with Crippen LogP contribution in [0.5, 0.6) is 5.88 Å². The predicted octanol–water partition coefficient (Wildman–Crippen LogP) is 1.59. The highest BCUT2D eigenvalue weighted by Crippen LogP contribution is 2.22. The quantitative estimate of drug-likeness (QED) is 0.838. The number of methoxy groups -OCH3 is 1. The molecule has 2 rings (SSSR count). The molecule has 0 unspecified atom stereocenters. The summed E-state index contributed by atoms with van der Waals surface area (Å²) in [6.07, 6.45) is 3.86. The molecule has 0 saturated carbocycles. The zero-order valence-electron chi connectivity index (χ0n) is 10.6. The molecule has 1 aromatic rings. The van der Waals surface area contributed by atoms with Crippen LogP contribution in [0.3, 0.4) is 0 Å². The summed E-state index contributed by atoms with van der Waals surface area (Å²) in [5.41, 5.74) is 6.83. The van der Waals surface area contributed by atoms with E-state index >= 15 is 0 Å². The van der Waals surface area contributed by atoms with Gasteiger partial charge >= 0.3 is 0 Å². The Bertz CT molecular complexity index is 416. The first-order chi connectivity index (χ1) is 8.70. The Labute approximate surface area is 113 Å². The molecule has 2 N–H and O–H groups in total. The first-order valence-electron chi connectivity index (χ1n) is 6.20. The standard InChI is InChI=1S/C13H19N3OS/c1-17-13-11(3-2-6-15-13)9-16-7-4-10(5-8-16)12(14)18/h2-3,6,10H,4-5,7-9H2,1H3,(H2,14,18). The molecule has 4 nitrogen and oxygen atoms in total. The van der Waals surface area contributed by atoms with Crippen molar-refractivity contribution in [3.05, 3.63) is 23.9 Å². The van der Waals surface area contributed by atoms with Crippen LogP contribution in [0, 0.1) is 5.92 Å². The van der Waals surface area contributed by atoms with Crippen molar-refractivity contribution in [2.75, 3.05) is 20.2 Å². The van der Waals surface area contributed by atoms with Crippen molar-refractivity contribution in [1.29, 1.82) is 0 Å². The lowest BCUT2D eigenvalue weighted by Crippen LogP contribution is -2.37. The fourth-order valence-corrected chi connectivity index (χ4v) is 2.58. The second kappa shape index (κ2) is 6.11. The number of thiocarbonyl (C=S) groups is 1. The fraction of sp³-hybridized carbons (Fsp3) is 0.538. The Kier molecular flexibility index (Phi) is 4.49. The third-order valence-corrected chi connectivity index (χ3v) is 3.76. The highest BCUT2D eigenvalue weighted by molar-refractivity contribution is 7.80. The lowest BCUT2D eigenvalue weighted by atomic mass is 9.96. The molecular formula is C13H19N3OS. The van der Waals surface area contributed by atoms with E-state index in [4.69, 9.17) is 22.7 Å². The molecule has 0 amide bonds. The Hall–Kier alpha value is -1.20. The molecule has 0 aliphatic carbocycles. The number of aromatic nitrogens is 1. The molecule has 1 aliphatic heterocycles. The average Bonchev–Trinajstić information content (AvgIpc) is 2.40. The second-order valence-electron chi connectivity index (χ2n) is 4.62. The van der Waals surface area contributed by atoms with Gasteiger partial charge in [-0.15, -0.1) is 0 Å². The summed E-state index contributed by atoms with van der Waals surface area (Å²) in [6, 6.07) is 4.01. The first kappa shape index (κ1) is 13.2. The molecule has 1 fully saturated rings.